The first-order valence-corrected chi connectivity index (χ1v) is 10.5. The first-order valence-electron chi connectivity index (χ1n) is 10.5. The van der Waals surface area contributed by atoms with Gasteiger partial charge in [0.2, 0.25) is 5.91 Å². The quantitative estimate of drug-likeness (QED) is 0.812. The lowest BCUT2D eigenvalue weighted by Gasteiger charge is -2.21. The standard InChI is InChI=1S/C20H31N5O2/c26-19(15-23-10-3-1-2-4-11-23)21-17-9-12-24(14-17)18-7-8-20(27)25(22-18)13-16-5-6-16/h7-8,16-17H,1-6,9-15H2,(H,21,26). The molecule has 0 spiro atoms. The Labute approximate surface area is 160 Å². The molecule has 1 unspecified atom stereocenters. The molecular weight excluding hydrogens is 342 g/mol. The molecule has 3 fully saturated rings. The summed E-state index contributed by atoms with van der Waals surface area (Å²) < 4.78 is 1.61. The molecule has 4 rings (SSSR count). The number of aromatic nitrogens is 2. The minimum Gasteiger partial charge on any atom is -0.353 e. The third-order valence-electron chi connectivity index (χ3n) is 5.92. The number of carbonyl (C=O) groups excluding carboxylic acids is 1. The van der Waals surface area contributed by atoms with Gasteiger partial charge in [0.15, 0.2) is 0 Å². The third kappa shape index (κ3) is 5.09. The van der Waals surface area contributed by atoms with Gasteiger partial charge < -0.3 is 10.2 Å². The molecular formula is C20H31N5O2. The lowest BCUT2D eigenvalue weighted by molar-refractivity contribution is -0.122. The van der Waals surface area contributed by atoms with Crippen LogP contribution in [0.2, 0.25) is 0 Å². The molecule has 7 heteroatoms. The smallest absolute Gasteiger partial charge is 0.266 e. The molecule has 1 atom stereocenters. The normalized spacial score (nSPS) is 24.0. The van der Waals surface area contributed by atoms with Crippen molar-refractivity contribution in [2.75, 3.05) is 37.6 Å². The molecule has 1 aromatic rings. The molecule has 0 bridgehead atoms. The van der Waals surface area contributed by atoms with Gasteiger partial charge >= 0.3 is 0 Å². The predicted octanol–water partition coefficient (Wildman–Crippen LogP) is 1.22. The molecule has 3 aliphatic rings. The van der Waals surface area contributed by atoms with E-state index in [-0.39, 0.29) is 17.5 Å². The van der Waals surface area contributed by atoms with Crippen LogP contribution in [-0.2, 0) is 11.3 Å². The first kappa shape index (κ1) is 18.5. The number of nitrogens with one attached hydrogen (secondary N) is 1. The summed E-state index contributed by atoms with van der Waals surface area (Å²) in [6.45, 7) is 4.95. The van der Waals surface area contributed by atoms with E-state index >= 15 is 0 Å². The summed E-state index contributed by atoms with van der Waals surface area (Å²) in [6.07, 6.45) is 8.30. The van der Waals surface area contributed by atoms with E-state index < -0.39 is 0 Å². The van der Waals surface area contributed by atoms with Crippen molar-refractivity contribution in [3.8, 4) is 0 Å². The number of carbonyl (C=O) groups is 1. The van der Waals surface area contributed by atoms with E-state index in [1.165, 1.54) is 38.5 Å². The molecule has 3 heterocycles. The molecule has 2 aliphatic heterocycles. The van der Waals surface area contributed by atoms with Crippen LogP contribution >= 0.6 is 0 Å². The molecule has 1 amide bonds. The maximum Gasteiger partial charge on any atom is 0.266 e. The Morgan fingerprint density at radius 3 is 2.59 bits per heavy atom. The van der Waals surface area contributed by atoms with Gasteiger partial charge in [0.1, 0.15) is 5.82 Å². The fourth-order valence-electron chi connectivity index (χ4n) is 4.14. The zero-order chi connectivity index (χ0) is 18.6. The number of amides is 1. The minimum atomic E-state index is -0.0212. The molecule has 2 saturated heterocycles. The van der Waals surface area contributed by atoms with Crippen LogP contribution in [-0.4, -0.2) is 59.4 Å². The second-order valence-corrected chi connectivity index (χ2v) is 8.34. The Morgan fingerprint density at radius 1 is 1.07 bits per heavy atom. The van der Waals surface area contributed by atoms with Crippen LogP contribution in [0.4, 0.5) is 5.82 Å². The lowest BCUT2D eigenvalue weighted by atomic mass is 10.2. The first-order chi connectivity index (χ1) is 13.2. The fourth-order valence-corrected chi connectivity index (χ4v) is 4.14. The van der Waals surface area contributed by atoms with Crippen LogP contribution in [0.1, 0.15) is 44.9 Å². The van der Waals surface area contributed by atoms with Crippen LogP contribution in [0.3, 0.4) is 0 Å². The Hall–Kier alpha value is -1.89. The van der Waals surface area contributed by atoms with Crippen molar-refractivity contribution in [2.45, 2.75) is 57.5 Å². The summed E-state index contributed by atoms with van der Waals surface area (Å²) >= 11 is 0. The van der Waals surface area contributed by atoms with Gasteiger partial charge in [-0.15, -0.1) is 0 Å². The number of rotatable bonds is 6. The van der Waals surface area contributed by atoms with Gasteiger partial charge in [-0.05, 0) is 57.2 Å². The van der Waals surface area contributed by atoms with Gasteiger partial charge in [-0.2, -0.15) is 5.10 Å². The van der Waals surface area contributed by atoms with Crippen molar-refractivity contribution < 1.29 is 4.79 Å². The van der Waals surface area contributed by atoms with E-state index in [0.717, 1.165) is 45.0 Å². The van der Waals surface area contributed by atoms with E-state index in [0.29, 0.717) is 12.5 Å². The lowest BCUT2D eigenvalue weighted by Crippen LogP contribution is -2.43. The molecule has 0 radical (unpaired) electrons. The average Bonchev–Trinajstić information content (AvgIpc) is 3.40. The van der Waals surface area contributed by atoms with Crippen LogP contribution < -0.4 is 15.8 Å². The van der Waals surface area contributed by atoms with Crippen LogP contribution in [0.25, 0.3) is 0 Å². The number of hydrogen-bond donors (Lipinski definition) is 1. The summed E-state index contributed by atoms with van der Waals surface area (Å²) in [5, 5.41) is 7.76. The molecule has 148 valence electrons. The second kappa shape index (κ2) is 8.42. The van der Waals surface area contributed by atoms with Gasteiger partial charge in [0.25, 0.3) is 5.56 Å². The summed E-state index contributed by atoms with van der Waals surface area (Å²) in [5.41, 5.74) is -0.0212. The Bertz CT molecular complexity index is 707. The van der Waals surface area contributed by atoms with E-state index in [2.05, 4.69) is 20.2 Å². The molecule has 1 aromatic heterocycles. The van der Waals surface area contributed by atoms with Gasteiger partial charge in [-0.25, -0.2) is 4.68 Å². The van der Waals surface area contributed by atoms with Crippen LogP contribution in [0.15, 0.2) is 16.9 Å². The highest BCUT2D eigenvalue weighted by atomic mass is 16.2. The summed E-state index contributed by atoms with van der Waals surface area (Å²) in [4.78, 5) is 28.9. The molecule has 1 N–H and O–H groups in total. The van der Waals surface area contributed by atoms with Crippen LogP contribution in [0, 0.1) is 5.92 Å². The summed E-state index contributed by atoms with van der Waals surface area (Å²) in [7, 11) is 0. The zero-order valence-electron chi connectivity index (χ0n) is 16.1. The zero-order valence-corrected chi connectivity index (χ0v) is 16.1. The van der Waals surface area contributed by atoms with Crippen LogP contribution in [0.5, 0.6) is 0 Å². The van der Waals surface area contributed by atoms with E-state index in [1.54, 1.807) is 10.7 Å². The maximum absolute atomic E-state index is 12.4. The Morgan fingerprint density at radius 2 is 1.85 bits per heavy atom. The summed E-state index contributed by atoms with van der Waals surface area (Å²) in [6, 6.07) is 3.60. The number of nitrogens with zero attached hydrogens (tertiary/aromatic N) is 4. The van der Waals surface area contributed by atoms with Crippen molar-refractivity contribution in [1.82, 2.24) is 20.0 Å². The summed E-state index contributed by atoms with van der Waals surface area (Å²) in [5.74, 6) is 1.60. The molecule has 1 saturated carbocycles. The molecule has 27 heavy (non-hydrogen) atoms. The van der Waals surface area contributed by atoms with E-state index in [9.17, 15) is 9.59 Å². The SMILES string of the molecule is O=C(CN1CCCCCC1)NC1CCN(c2ccc(=O)n(CC3CC3)n2)C1. The monoisotopic (exact) mass is 373 g/mol. The van der Waals surface area contributed by atoms with Gasteiger partial charge in [-0.1, -0.05) is 12.8 Å². The molecule has 0 aromatic carbocycles. The fraction of sp³-hybridized carbons (Fsp3) is 0.750. The minimum absolute atomic E-state index is 0.0212. The van der Waals surface area contributed by atoms with Crippen molar-refractivity contribution >= 4 is 11.7 Å². The molecule has 7 nitrogen and oxygen atoms in total. The van der Waals surface area contributed by atoms with E-state index in [4.69, 9.17) is 0 Å². The molecule has 1 aliphatic carbocycles. The topological polar surface area (TPSA) is 70.5 Å². The van der Waals surface area contributed by atoms with Crippen molar-refractivity contribution in [2.24, 2.45) is 5.92 Å². The maximum atomic E-state index is 12.4. The highest BCUT2D eigenvalue weighted by molar-refractivity contribution is 5.78. The second-order valence-electron chi connectivity index (χ2n) is 8.34. The average molecular weight is 374 g/mol. The van der Waals surface area contributed by atoms with Crippen molar-refractivity contribution in [1.29, 1.82) is 0 Å². The largest absolute Gasteiger partial charge is 0.353 e. The van der Waals surface area contributed by atoms with Crippen molar-refractivity contribution in [3.05, 3.63) is 22.5 Å². The van der Waals surface area contributed by atoms with Gasteiger partial charge in [-0.3, -0.25) is 14.5 Å². The third-order valence-corrected chi connectivity index (χ3v) is 5.92. The van der Waals surface area contributed by atoms with E-state index in [1.807, 2.05) is 6.07 Å². The number of hydrogen-bond acceptors (Lipinski definition) is 5. The Kier molecular flexibility index (Phi) is 5.76. The highest BCUT2D eigenvalue weighted by Gasteiger charge is 2.27. The highest BCUT2D eigenvalue weighted by Crippen LogP contribution is 2.30. The van der Waals surface area contributed by atoms with Gasteiger partial charge in [0, 0.05) is 31.7 Å². The Balaban J connectivity index is 1.29. The number of anilines is 1. The van der Waals surface area contributed by atoms with Gasteiger partial charge in [0.05, 0.1) is 6.54 Å². The number of likely N-dealkylation sites (tertiary alicyclic amines) is 1. The predicted molar refractivity (Wildman–Crippen MR) is 105 cm³/mol. The van der Waals surface area contributed by atoms with Crippen molar-refractivity contribution in [3.63, 3.8) is 0 Å².